The quantitative estimate of drug-likeness (QED) is 0.468. The second-order valence-corrected chi connectivity index (χ2v) is 2.52. The number of nitrogens with zero attached hydrogens (tertiary/aromatic N) is 1. The summed E-state index contributed by atoms with van der Waals surface area (Å²) in [5, 5.41) is 10.3. The molecule has 0 N–H and O–H groups in total. The van der Waals surface area contributed by atoms with Gasteiger partial charge in [-0.2, -0.15) is 0 Å². The lowest BCUT2D eigenvalue weighted by atomic mass is 10.3. The predicted molar refractivity (Wildman–Crippen MR) is 33.7 cm³/mol. The van der Waals surface area contributed by atoms with Crippen LogP contribution in [-0.4, -0.2) is 4.92 Å². The van der Waals surface area contributed by atoms with E-state index in [2.05, 4.69) is 4.29 Å². The largest absolute Gasteiger partial charge is 0.350 e. The van der Waals surface area contributed by atoms with Crippen LogP contribution in [0, 0.1) is 20.9 Å². The molecule has 0 fully saturated rings. The Morgan fingerprint density at radius 1 is 1.31 bits per heavy atom. The Hall–Kier alpha value is -1.37. The van der Waals surface area contributed by atoms with Crippen molar-refractivity contribution in [2.24, 2.45) is 0 Å². The van der Waals surface area contributed by atoms with E-state index in [0.717, 1.165) is 6.07 Å². The van der Waals surface area contributed by atoms with Crippen molar-refractivity contribution in [3.8, 4) is 5.75 Å². The molecule has 13 heavy (non-hydrogen) atoms. The van der Waals surface area contributed by atoms with E-state index < -0.39 is 21.4 Å². The van der Waals surface area contributed by atoms with Crippen molar-refractivity contribution in [1.82, 2.24) is 0 Å². The van der Waals surface area contributed by atoms with E-state index in [1.54, 1.807) is 0 Å². The van der Waals surface area contributed by atoms with Crippen molar-refractivity contribution < 1.29 is 29.3 Å². The maximum atomic E-state index is 10.3. The van der Waals surface area contributed by atoms with Crippen molar-refractivity contribution in [3.63, 3.8) is 0 Å². The summed E-state index contributed by atoms with van der Waals surface area (Å²) in [6.07, 6.45) is 0. The molecular weight excluding hydrogens is 202 g/mol. The molecule has 1 aromatic carbocycles. The summed E-state index contributed by atoms with van der Waals surface area (Å²) < 4.78 is 24.3. The molecule has 0 radical (unpaired) electrons. The van der Waals surface area contributed by atoms with Gasteiger partial charge in [0.1, 0.15) is 0 Å². The molecule has 0 aliphatic carbocycles. The molecule has 1 aromatic rings. The topological polar surface area (TPSA) is 98.5 Å². The minimum atomic E-state index is -2.47. The molecule has 0 spiro atoms. The highest BCUT2D eigenvalue weighted by Gasteiger charge is 2.22. The van der Waals surface area contributed by atoms with Gasteiger partial charge in [-0.05, 0) is 6.07 Å². The normalized spacial score (nSPS) is 10.1. The first kappa shape index (κ1) is 9.72. The van der Waals surface area contributed by atoms with Gasteiger partial charge in [0, 0.05) is 6.07 Å². The van der Waals surface area contributed by atoms with E-state index in [1.165, 1.54) is 18.2 Å². The van der Waals surface area contributed by atoms with E-state index in [0.29, 0.717) is 0 Å². The monoisotopic (exact) mass is 205 g/mol. The van der Waals surface area contributed by atoms with Crippen LogP contribution in [0.3, 0.4) is 0 Å². The molecule has 0 bridgehead atoms. The van der Waals surface area contributed by atoms with Gasteiger partial charge in [-0.1, -0.05) is 16.4 Å². The Balaban J connectivity index is 2.98. The van der Waals surface area contributed by atoms with Gasteiger partial charge >= 0.3 is 22.2 Å². The summed E-state index contributed by atoms with van der Waals surface area (Å²) in [4.78, 5) is 9.60. The maximum absolute atomic E-state index is 10.3. The average molecular weight is 206 g/mol. The molecule has 0 amide bonds. The highest BCUT2D eigenvalue weighted by Crippen LogP contribution is 2.25. The smallest absolute Gasteiger partial charge is 0.307 e. The van der Waals surface area contributed by atoms with Crippen LogP contribution in [0.15, 0.2) is 24.3 Å². The van der Waals surface area contributed by atoms with E-state index in [-0.39, 0.29) is 5.75 Å². The van der Waals surface area contributed by atoms with Crippen LogP contribution in [0.25, 0.3) is 0 Å². The van der Waals surface area contributed by atoms with Gasteiger partial charge in [0.15, 0.2) is 0 Å². The number of rotatable bonds is 3. The summed E-state index contributed by atoms with van der Waals surface area (Å²) in [6.45, 7) is 0. The molecule has 7 heteroatoms. The number of nitro groups is 1. The standard InChI is InChI=1S/C6H4ClNO5/c9-7(10)13-6-4-2-1-3-5(6)8(11)12/h1-4H. The van der Waals surface area contributed by atoms with Crippen molar-refractivity contribution in [3.05, 3.63) is 34.4 Å². The molecule has 0 aliphatic rings. The van der Waals surface area contributed by atoms with Gasteiger partial charge < -0.3 is 9.32 Å². The van der Waals surface area contributed by atoms with E-state index >= 15 is 0 Å². The SMILES string of the molecule is O=[N+]([O-])c1ccccc1O[Cl+2]([O-])[O-]. The predicted octanol–water partition coefficient (Wildman–Crippen LogP) is -0.940. The van der Waals surface area contributed by atoms with Gasteiger partial charge in [-0.15, -0.1) is 0 Å². The van der Waals surface area contributed by atoms with Crippen LogP contribution in [0.1, 0.15) is 0 Å². The van der Waals surface area contributed by atoms with Crippen LogP contribution < -0.4 is 13.6 Å². The molecule has 70 valence electrons. The van der Waals surface area contributed by atoms with E-state index in [4.69, 9.17) is 0 Å². The lowest BCUT2D eigenvalue weighted by Crippen LogP contribution is -2.36. The van der Waals surface area contributed by atoms with Crippen molar-refractivity contribution in [2.45, 2.75) is 0 Å². The summed E-state index contributed by atoms with van der Waals surface area (Å²) in [6, 6.07) is 5.19. The van der Waals surface area contributed by atoms with Crippen LogP contribution in [0.2, 0.25) is 0 Å². The van der Waals surface area contributed by atoms with E-state index in [9.17, 15) is 19.4 Å². The Labute approximate surface area is 75.9 Å². The van der Waals surface area contributed by atoms with Crippen LogP contribution in [-0.2, 0) is 0 Å². The molecule has 0 aromatic heterocycles. The summed E-state index contributed by atoms with van der Waals surface area (Å²) in [5.41, 5.74) is -0.392. The fraction of sp³-hybridized carbons (Fsp3) is 0. The summed E-state index contributed by atoms with van der Waals surface area (Å²) in [5.74, 6) is -0.307. The third kappa shape index (κ3) is 2.55. The van der Waals surface area contributed by atoms with Gasteiger partial charge in [0.25, 0.3) is 0 Å². The van der Waals surface area contributed by atoms with Crippen LogP contribution in [0.4, 0.5) is 5.69 Å². The number of hydrogen-bond acceptors (Lipinski definition) is 5. The molecule has 0 saturated carbocycles. The third-order valence-electron chi connectivity index (χ3n) is 1.21. The molecule has 0 saturated heterocycles. The number of halogens is 1. The Morgan fingerprint density at radius 2 is 1.92 bits per heavy atom. The maximum Gasteiger partial charge on any atom is 0.350 e. The highest BCUT2D eigenvalue weighted by molar-refractivity contribution is 5.45. The minimum absolute atomic E-state index is 0.307. The Bertz CT molecular complexity index is 316. The molecule has 0 heterocycles. The molecule has 1 rings (SSSR count). The molecule has 0 atom stereocenters. The second-order valence-electron chi connectivity index (χ2n) is 1.99. The number of hydrogen-bond donors (Lipinski definition) is 0. The first-order valence-corrected chi connectivity index (χ1v) is 4.01. The summed E-state index contributed by atoms with van der Waals surface area (Å²) in [7, 11) is -2.47. The molecular formula is C6H4ClNO5. The molecule has 0 unspecified atom stereocenters. The van der Waals surface area contributed by atoms with Gasteiger partial charge in [-0.25, -0.2) is 0 Å². The Kier molecular flexibility index (Phi) is 3.02. The number of benzene rings is 1. The van der Waals surface area contributed by atoms with Crippen molar-refractivity contribution in [1.29, 1.82) is 0 Å². The lowest BCUT2D eigenvalue weighted by molar-refractivity contribution is -1.62. The molecule has 6 nitrogen and oxygen atoms in total. The van der Waals surface area contributed by atoms with Gasteiger partial charge in [0.2, 0.25) is 0 Å². The zero-order valence-corrected chi connectivity index (χ0v) is 6.93. The fourth-order valence-corrected chi connectivity index (χ4v) is 1.01. The fourth-order valence-electron chi connectivity index (χ4n) is 0.741. The zero-order valence-electron chi connectivity index (χ0n) is 6.18. The summed E-state index contributed by atoms with van der Waals surface area (Å²) >= 11 is 0. The van der Waals surface area contributed by atoms with Gasteiger partial charge in [-0.3, -0.25) is 10.1 Å². The Morgan fingerprint density at radius 3 is 2.46 bits per heavy atom. The first-order valence-electron chi connectivity index (χ1n) is 3.08. The van der Waals surface area contributed by atoms with Crippen LogP contribution >= 0.6 is 0 Å². The van der Waals surface area contributed by atoms with Crippen molar-refractivity contribution in [2.75, 3.05) is 0 Å². The van der Waals surface area contributed by atoms with E-state index in [1.807, 2.05) is 0 Å². The number of nitro benzene ring substituents is 1. The second kappa shape index (κ2) is 4.04. The number of para-hydroxylation sites is 2. The third-order valence-corrected chi connectivity index (χ3v) is 1.50. The van der Waals surface area contributed by atoms with Gasteiger partial charge in [0.05, 0.1) is 4.92 Å². The lowest BCUT2D eigenvalue weighted by Gasteiger charge is -1.96. The average Bonchev–Trinajstić information content (AvgIpc) is 2.03. The van der Waals surface area contributed by atoms with Crippen LogP contribution in [0.5, 0.6) is 5.75 Å². The van der Waals surface area contributed by atoms with Crippen molar-refractivity contribution >= 4 is 5.69 Å². The first-order chi connectivity index (χ1) is 6.11. The highest BCUT2D eigenvalue weighted by atomic mass is 35.6. The molecule has 0 aliphatic heterocycles. The minimum Gasteiger partial charge on any atom is -0.307 e. The zero-order chi connectivity index (χ0) is 9.84.